The molecule has 3 rings (SSSR count). The van der Waals surface area contributed by atoms with Crippen LogP contribution < -0.4 is 0 Å². The second kappa shape index (κ2) is 5.39. The van der Waals surface area contributed by atoms with E-state index in [0.29, 0.717) is 35.8 Å². The lowest BCUT2D eigenvalue weighted by Crippen LogP contribution is -2.33. The highest BCUT2D eigenvalue weighted by molar-refractivity contribution is 6.13. The summed E-state index contributed by atoms with van der Waals surface area (Å²) in [7, 11) is 0. The van der Waals surface area contributed by atoms with Crippen molar-refractivity contribution in [1.82, 2.24) is 14.6 Å². The van der Waals surface area contributed by atoms with Crippen LogP contribution >= 0.6 is 0 Å². The first-order valence-corrected chi connectivity index (χ1v) is 7.42. The molecule has 0 aliphatic heterocycles. The number of hydrogen-bond donors (Lipinski definition) is 0. The molecule has 2 atom stereocenters. The van der Waals surface area contributed by atoms with Crippen LogP contribution in [0.3, 0.4) is 0 Å². The topological polar surface area (TPSA) is 64.3 Å². The minimum Gasteiger partial charge on any atom is -0.299 e. The second-order valence-electron chi connectivity index (χ2n) is 6.13. The lowest BCUT2D eigenvalue weighted by molar-refractivity contribution is -0.124. The fraction of sp³-hybridized carbons (Fsp3) is 0.500. The molecule has 0 spiro atoms. The van der Waals surface area contributed by atoms with E-state index in [0.717, 1.165) is 6.42 Å². The number of hydrogen-bond acceptors (Lipinski definition) is 4. The van der Waals surface area contributed by atoms with E-state index in [1.807, 2.05) is 0 Å². The number of aromatic nitrogens is 3. The summed E-state index contributed by atoms with van der Waals surface area (Å²) in [5.41, 5.74) is 1.17. The minimum atomic E-state index is -0.514. The van der Waals surface area contributed by atoms with Crippen molar-refractivity contribution in [2.24, 2.45) is 17.8 Å². The zero-order valence-corrected chi connectivity index (χ0v) is 12.3. The van der Waals surface area contributed by atoms with Crippen LogP contribution in [0.2, 0.25) is 0 Å². The van der Waals surface area contributed by atoms with Crippen LogP contribution in [-0.2, 0) is 4.79 Å². The molecule has 5 nitrogen and oxygen atoms in total. The summed E-state index contributed by atoms with van der Waals surface area (Å²) in [5.74, 6) is 0.392. The van der Waals surface area contributed by atoms with Gasteiger partial charge in [-0.05, 0) is 24.7 Å². The standard InChI is InChI=1S/C16H19N3O2/c1-10(2)11-3-4-15(20)12(7-11)16(21)13-8-18-19-6-5-17-9-14(13)19/h5-6,8-12H,3-4,7H2,1-2H3. The number of Topliss-reactive ketones (excluding diaryl/α,β-unsaturated/α-hetero) is 2. The average molecular weight is 285 g/mol. The molecule has 2 heterocycles. The molecule has 0 N–H and O–H groups in total. The molecule has 5 heteroatoms. The maximum Gasteiger partial charge on any atom is 0.177 e. The molecule has 21 heavy (non-hydrogen) atoms. The molecule has 110 valence electrons. The minimum absolute atomic E-state index is 0.0696. The number of carbonyl (C=O) groups excluding carboxylic acids is 2. The SMILES string of the molecule is CC(C)C1CCC(=O)C(C(=O)c2cnn3ccncc23)C1. The molecule has 0 saturated heterocycles. The molecule has 0 amide bonds. The third kappa shape index (κ3) is 2.48. The molecule has 2 unspecified atom stereocenters. The van der Waals surface area contributed by atoms with Crippen LogP contribution in [0.15, 0.2) is 24.8 Å². The highest BCUT2D eigenvalue weighted by Gasteiger charge is 2.36. The fourth-order valence-electron chi connectivity index (χ4n) is 3.12. The van der Waals surface area contributed by atoms with Gasteiger partial charge >= 0.3 is 0 Å². The van der Waals surface area contributed by atoms with Gasteiger partial charge in [0.15, 0.2) is 5.78 Å². The van der Waals surface area contributed by atoms with Crippen molar-refractivity contribution in [2.45, 2.75) is 33.1 Å². The Morgan fingerprint density at radius 3 is 2.95 bits per heavy atom. The lowest BCUT2D eigenvalue weighted by Gasteiger charge is -2.29. The average Bonchev–Trinajstić information content (AvgIpc) is 2.90. The fourth-order valence-corrected chi connectivity index (χ4v) is 3.12. The highest BCUT2D eigenvalue weighted by atomic mass is 16.2. The number of ketones is 2. The van der Waals surface area contributed by atoms with E-state index in [4.69, 9.17) is 0 Å². The van der Waals surface area contributed by atoms with Gasteiger partial charge in [0.25, 0.3) is 0 Å². The van der Waals surface area contributed by atoms with E-state index in [-0.39, 0.29) is 11.6 Å². The van der Waals surface area contributed by atoms with Gasteiger partial charge in [0.1, 0.15) is 5.78 Å². The molecule has 1 aliphatic rings. The van der Waals surface area contributed by atoms with Gasteiger partial charge in [0.05, 0.1) is 29.4 Å². The van der Waals surface area contributed by atoms with E-state index in [2.05, 4.69) is 23.9 Å². The van der Waals surface area contributed by atoms with Crippen LogP contribution in [0.1, 0.15) is 43.5 Å². The first-order valence-electron chi connectivity index (χ1n) is 7.42. The Kier molecular flexibility index (Phi) is 3.57. The summed E-state index contributed by atoms with van der Waals surface area (Å²) in [6.45, 7) is 4.31. The van der Waals surface area contributed by atoms with Crippen LogP contribution in [0.5, 0.6) is 0 Å². The third-order valence-corrected chi connectivity index (χ3v) is 4.54. The van der Waals surface area contributed by atoms with E-state index in [9.17, 15) is 9.59 Å². The van der Waals surface area contributed by atoms with Crippen LogP contribution in [0.4, 0.5) is 0 Å². The third-order valence-electron chi connectivity index (χ3n) is 4.54. The normalized spacial score (nSPS) is 22.9. The molecule has 2 aromatic heterocycles. The molecule has 0 radical (unpaired) electrons. The van der Waals surface area contributed by atoms with Crippen molar-refractivity contribution in [1.29, 1.82) is 0 Å². The molecular formula is C16H19N3O2. The summed E-state index contributed by atoms with van der Waals surface area (Å²) < 4.78 is 1.62. The summed E-state index contributed by atoms with van der Waals surface area (Å²) in [4.78, 5) is 29.0. The Morgan fingerprint density at radius 1 is 1.38 bits per heavy atom. The number of nitrogens with zero attached hydrogens (tertiary/aromatic N) is 3. The van der Waals surface area contributed by atoms with Crippen molar-refractivity contribution in [2.75, 3.05) is 0 Å². The zero-order valence-electron chi connectivity index (χ0n) is 12.3. The molecule has 1 aliphatic carbocycles. The number of fused-ring (bicyclic) bond motifs is 1. The van der Waals surface area contributed by atoms with Gasteiger partial charge < -0.3 is 0 Å². The van der Waals surface area contributed by atoms with Gasteiger partial charge in [0, 0.05) is 18.8 Å². The van der Waals surface area contributed by atoms with Gasteiger partial charge in [-0.2, -0.15) is 5.10 Å². The Balaban J connectivity index is 1.91. The van der Waals surface area contributed by atoms with Crippen molar-refractivity contribution in [3.8, 4) is 0 Å². The number of rotatable bonds is 3. The van der Waals surface area contributed by atoms with Crippen molar-refractivity contribution >= 4 is 17.1 Å². The Bertz CT molecular complexity index is 690. The maximum atomic E-state index is 12.8. The lowest BCUT2D eigenvalue weighted by atomic mass is 9.73. The number of carbonyl (C=O) groups is 2. The Hall–Kier alpha value is -2.04. The van der Waals surface area contributed by atoms with E-state index in [1.54, 1.807) is 29.3 Å². The van der Waals surface area contributed by atoms with E-state index in [1.165, 1.54) is 0 Å². The van der Waals surface area contributed by atoms with Gasteiger partial charge in [-0.3, -0.25) is 14.6 Å². The molecule has 1 saturated carbocycles. The molecular weight excluding hydrogens is 266 g/mol. The van der Waals surface area contributed by atoms with Crippen molar-refractivity contribution in [3.05, 3.63) is 30.4 Å². The van der Waals surface area contributed by atoms with Crippen molar-refractivity contribution in [3.63, 3.8) is 0 Å². The van der Waals surface area contributed by atoms with Crippen LogP contribution in [0, 0.1) is 17.8 Å². The second-order valence-corrected chi connectivity index (χ2v) is 6.13. The van der Waals surface area contributed by atoms with E-state index >= 15 is 0 Å². The smallest absolute Gasteiger partial charge is 0.177 e. The Morgan fingerprint density at radius 2 is 2.19 bits per heavy atom. The first-order chi connectivity index (χ1) is 10.1. The molecule has 0 bridgehead atoms. The van der Waals surface area contributed by atoms with Gasteiger partial charge in [-0.15, -0.1) is 0 Å². The molecule has 1 fully saturated rings. The van der Waals surface area contributed by atoms with Gasteiger partial charge in [0.2, 0.25) is 0 Å². The molecule has 2 aromatic rings. The van der Waals surface area contributed by atoms with Crippen LogP contribution in [0.25, 0.3) is 5.52 Å². The predicted molar refractivity (Wildman–Crippen MR) is 78.0 cm³/mol. The predicted octanol–water partition coefficient (Wildman–Crippen LogP) is 2.55. The maximum absolute atomic E-state index is 12.8. The summed E-state index contributed by atoms with van der Waals surface area (Å²) >= 11 is 0. The van der Waals surface area contributed by atoms with Crippen molar-refractivity contribution < 1.29 is 9.59 Å². The summed E-state index contributed by atoms with van der Waals surface area (Å²) in [5, 5.41) is 4.16. The van der Waals surface area contributed by atoms with Crippen LogP contribution in [-0.4, -0.2) is 26.2 Å². The first kappa shape index (κ1) is 13.9. The summed E-state index contributed by atoms with van der Waals surface area (Å²) in [6, 6.07) is 0. The van der Waals surface area contributed by atoms with E-state index < -0.39 is 5.92 Å². The monoisotopic (exact) mass is 285 g/mol. The Labute approximate surface area is 123 Å². The quantitative estimate of drug-likeness (QED) is 0.642. The van der Waals surface area contributed by atoms with Gasteiger partial charge in [-0.25, -0.2) is 4.52 Å². The zero-order chi connectivity index (χ0) is 15.0. The highest BCUT2D eigenvalue weighted by Crippen LogP contribution is 2.33. The largest absolute Gasteiger partial charge is 0.299 e. The summed E-state index contributed by atoms with van der Waals surface area (Å²) in [6.07, 6.45) is 8.56. The van der Waals surface area contributed by atoms with Gasteiger partial charge in [-0.1, -0.05) is 13.8 Å². The molecule has 0 aromatic carbocycles.